The van der Waals surface area contributed by atoms with Gasteiger partial charge in [0.05, 0.1) is 6.61 Å². The van der Waals surface area contributed by atoms with Gasteiger partial charge in [0, 0.05) is 30.8 Å². The molecule has 0 aromatic carbocycles. The highest BCUT2D eigenvalue weighted by Crippen LogP contribution is 2.19. The predicted octanol–water partition coefficient (Wildman–Crippen LogP) is 12.3. The molecule has 0 saturated heterocycles. The molecule has 0 bridgehead atoms. The van der Waals surface area contributed by atoms with E-state index in [2.05, 4.69) is 52.7 Å². The molecule has 0 aliphatic heterocycles. The number of esters is 2. The Balaban J connectivity index is 6.61. The summed E-state index contributed by atoms with van der Waals surface area (Å²) in [4.78, 5) is 124. The van der Waals surface area contributed by atoms with Crippen molar-refractivity contribution in [3.8, 4) is 0 Å². The van der Waals surface area contributed by atoms with Crippen LogP contribution in [0.4, 0.5) is 0 Å². The topological polar surface area (TPSA) is 389 Å². The van der Waals surface area contributed by atoms with Crippen molar-refractivity contribution in [3.05, 3.63) is 0 Å². The normalized spacial score (nSPS) is 13.4. The van der Waals surface area contributed by atoms with Gasteiger partial charge in [0.15, 0.2) is 0 Å². The molecule has 0 heterocycles. The molecule has 6 amide bonds. The van der Waals surface area contributed by atoms with Crippen LogP contribution in [0.1, 0.15) is 355 Å². The van der Waals surface area contributed by atoms with Crippen LogP contribution in [0.2, 0.25) is 0 Å². The van der Waals surface area contributed by atoms with Crippen molar-refractivity contribution in [3.63, 3.8) is 0 Å². The lowest BCUT2D eigenvalue weighted by atomic mass is 10.0. The van der Waals surface area contributed by atoms with Gasteiger partial charge in [-0.2, -0.15) is 11.8 Å². The number of aliphatic hydroxyl groups excluding tert-OH is 1. The van der Waals surface area contributed by atoms with E-state index >= 15 is 0 Å². The smallest absolute Gasteiger partial charge is 0.326 e. The molecule has 0 fully saturated rings. The van der Waals surface area contributed by atoms with Crippen LogP contribution in [0.5, 0.6) is 0 Å². The first-order valence-corrected chi connectivity index (χ1v) is 42.6. The Morgan fingerprint density at radius 2 is 0.602 bits per heavy atom. The molecule has 24 heteroatoms. The van der Waals surface area contributed by atoms with Crippen molar-refractivity contribution in [2.45, 2.75) is 397 Å². The summed E-state index contributed by atoms with van der Waals surface area (Å²) in [7, 11) is 0. The van der Waals surface area contributed by atoms with Crippen molar-refractivity contribution in [2.24, 2.45) is 22.9 Å². The molecule has 0 saturated carbocycles. The lowest BCUT2D eigenvalue weighted by Gasteiger charge is -2.27. The molecule has 16 N–H and O–H groups in total. The maximum absolute atomic E-state index is 14.5. The Morgan fingerprint density at radius 3 is 0.932 bits per heavy atom. The molecular formula is C79H152N10O13S. The molecule has 0 aromatic heterocycles. The number of aliphatic hydroxyl groups is 1. The monoisotopic (exact) mass is 1480 g/mol. The molecule has 0 spiro atoms. The van der Waals surface area contributed by atoms with Crippen molar-refractivity contribution in [1.82, 2.24) is 31.9 Å². The van der Waals surface area contributed by atoms with E-state index in [0.717, 1.165) is 64.2 Å². The van der Waals surface area contributed by atoms with E-state index in [1.165, 1.54) is 166 Å². The lowest BCUT2D eigenvalue weighted by molar-refractivity contribution is -0.157. The predicted molar refractivity (Wildman–Crippen MR) is 418 cm³/mol. The van der Waals surface area contributed by atoms with Gasteiger partial charge in [0.25, 0.3) is 0 Å². The fourth-order valence-corrected chi connectivity index (χ4v) is 13.5. The van der Waals surface area contributed by atoms with Crippen LogP contribution in [-0.4, -0.2) is 157 Å². The number of hydrogen-bond acceptors (Lipinski definition) is 17. The van der Waals surface area contributed by atoms with Crippen molar-refractivity contribution in [1.29, 1.82) is 0 Å². The molecule has 1 unspecified atom stereocenters. The summed E-state index contributed by atoms with van der Waals surface area (Å²) >= 11 is 1.20. The van der Waals surface area contributed by atoms with Crippen molar-refractivity contribution < 1.29 is 62.8 Å². The first-order chi connectivity index (χ1) is 50.0. The lowest BCUT2D eigenvalue weighted by Crippen LogP contribution is -2.60. The molecule has 103 heavy (non-hydrogen) atoms. The van der Waals surface area contributed by atoms with Crippen molar-refractivity contribution in [2.75, 3.05) is 50.9 Å². The largest absolute Gasteiger partial charge is 0.480 e. The van der Waals surface area contributed by atoms with Crippen LogP contribution in [-0.2, 0) is 52.6 Å². The number of carboxylic acids is 1. The summed E-state index contributed by atoms with van der Waals surface area (Å²) in [6.45, 7) is 6.79. The highest BCUT2D eigenvalue weighted by molar-refractivity contribution is 7.99. The highest BCUT2D eigenvalue weighted by atomic mass is 32.2. The number of carboxylic acid groups (broad SMARTS) is 1. The van der Waals surface area contributed by atoms with Gasteiger partial charge >= 0.3 is 17.9 Å². The fraction of sp³-hybridized carbons (Fsp3) is 0.886. The van der Waals surface area contributed by atoms with Gasteiger partial charge in [-0.3, -0.25) is 38.4 Å². The first-order valence-electron chi connectivity index (χ1n) is 41.4. The van der Waals surface area contributed by atoms with E-state index < -0.39 is 96.3 Å². The summed E-state index contributed by atoms with van der Waals surface area (Å²) in [5.74, 6) is -6.36. The van der Waals surface area contributed by atoms with Gasteiger partial charge in [-0.25, -0.2) is 4.79 Å². The third-order valence-electron chi connectivity index (χ3n) is 19.1. The SMILES string of the molecule is CCCCCCCCCCCCCCCC(=O)OCC(CSC[C@@H](NC(=O)CCCCCCCCCCCCC)C(=O)N[C@@H](CO)C(=O)N[C@@H](CCCCN)C(=O)N[C@@H](CCCCN)C(=O)N[C@@H](CCCCN)C(=O)N[C@@H](CCCCN)C(=O)O)OC(=O)CCCCCCCCCCCCCCC. The van der Waals surface area contributed by atoms with Crippen LogP contribution >= 0.6 is 11.8 Å². The molecule has 23 nitrogen and oxygen atoms in total. The van der Waals surface area contributed by atoms with Gasteiger partial charge in [-0.1, -0.05) is 239 Å². The van der Waals surface area contributed by atoms with E-state index in [9.17, 15) is 53.4 Å². The van der Waals surface area contributed by atoms with E-state index in [1.807, 2.05) is 0 Å². The number of hydrogen-bond donors (Lipinski definition) is 12. The fourth-order valence-electron chi connectivity index (χ4n) is 12.5. The number of ether oxygens (including phenoxy) is 2. The Kier molecular flexibility index (Phi) is 68.4. The minimum Gasteiger partial charge on any atom is -0.480 e. The van der Waals surface area contributed by atoms with E-state index in [4.69, 9.17) is 32.4 Å². The van der Waals surface area contributed by atoms with E-state index in [-0.39, 0.29) is 82.1 Å². The third-order valence-corrected chi connectivity index (χ3v) is 20.2. The third kappa shape index (κ3) is 58.2. The molecule has 7 atom stereocenters. The maximum atomic E-state index is 14.5. The van der Waals surface area contributed by atoms with Gasteiger partial charge in [0.1, 0.15) is 49.0 Å². The van der Waals surface area contributed by atoms with E-state index in [1.54, 1.807) is 0 Å². The number of nitrogens with one attached hydrogen (secondary N) is 6. The minimum absolute atomic E-state index is 0.0388. The average molecular weight is 1480 g/mol. The Bertz CT molecular complexity index is 2140. The number of unbranched alkanes of at least 4 members (excludes halogenated alkanes) is 38. The second-order valence-electron chi connectivity index (χ2n) is 28.7. The average Bonchev–Trinajstić information content (AvgIpc) is 0.880. The van der Waals surface area contributed by atoms with Crippen molar-refractivity contribution >= 4 is 65.1 Å². The number of nitrogens with two attached hydrogens (primary N) is 4. The number of amides is 6. The highest BCUT2D eigenvalue weighted by Gasteiger charge is 2.34. The zero-order valence-corrected chi connectivity index (χ0v) is 65.9. The van der Waals surface area contributed by atoms with Gasteiger partial charge < -0.3 is 74.5 Å². The molecule has 602 valence electrons. The Labute approximate surface area is 627 Å². The number of aliphatic carboxylic acids is 1. The molecule has 0 aliphatic carbocycles. The molecule has 0 aromatic rings. The number of carbonyl (C=O) groups excluding carboxylic acids is 8. The maximum Gasteiger partial charge on any atom is 0.326 e. The standard InChI is InChI=1S/C79H152N10O13S/c1-4-7-10-13-16-19-22-24-27-30-33-36-39-54-72(92)101-61-64(102-73(93)55-40-37-34-31-28-25-23-20-17-14-11-8-5-2)62-103-63-70(84-71(91)53-38-35-32-29-26-21-18-15-12-9-6-3)78(98)89-69(60-90)77(97)87-66(50-42-46-57-81)75(95)85-65(49-41-45-56-80)74(94)86-67(51-43-47-58-82)76(96)88-68(79(99)100)52-44-48-59-83/h64-70,90H,4-63,80-83H2,1-3H3,(H,84,91)(H,85,95)(H,86,94)(H,87,97)(H,88,96)(H,89,98)(H,99,100)/t64?,65-,66-,67-,68-,69-,70+/m0/s1. The van der Waals surface area contributed by atoms with Gasteiger partial charge in [-0.05, 0) is 122 Å². The zero-order valence-electron chi connectivity index (χ0n) is 65.1. The summed E-state index contributed by atoms with van der Waals surface area (Å²) < 4.78 is 11.8. The zero-order chi connectivity index (χ0) is 76.0. The molecule has 0 rings (SSSR count). The second-order valence-corrected chi connectivity index (χ2v) is 29.8. The minimum atomic E-state index is -1.62. The second kappa shape index (κ2) is 71.6. The Morgan fingerprint density at radius 1 is 0.320 bits per heavy atom. The number of rotatable bonds is 76. The molecule has 0 aliphatic rings. The van der Waals surface area contributed by atoms with Gasteiger partial charge in [0.2, 0.25) is 35.4 Å². The van der Waals surface area contributed by atoms with Crippen LogP contribution in [0.3, 0.4) is 0 Å². The molecular weight excluding hydrogens is 1330 g/mol. The van der Waals surface area contributed by atoms with Crippen LogP contribution in [0.15, 0.2) is 0 Å². The summed E-state index contributed by atoms with van der Waals surface area (Å²) in [6.07, 6.45) is 46.0. The first kappa shape index (κ1) is 98.4. The van der Waals surface area contributed by atoms with Crippen LogP contribution in [0, 0.1) is 0 Å². The quantitative estimate of drug-likeness (QED) is 0.0199. The Hall–Kier alpha value is -4.62. The number of carbonyl (C=O) groups is 9. The summed E-state index contributed by atoms with van der Waals surface area (Å²) in [5.41, 5.74) is 23.1. The molecule has 0 radical (unpaired) electrons. The van der Waals surface area contributed by atoms with Crippen LogP contribution < -0.4 is 54.8 Å². The summed E-state index contributed by atoms with van der Waals surface area (Å²) in [6, 6.07) is -7.86. The number of thioether (sulfide) groups is 1. The van der Waals surface area contributed by atoms with Crippen LogP contribution in [0.25, 0.3) is 0 Å². The van der Waals surface area contributed by atoms with E-state index in [0.29, 0.717) is 83.7 Å². The summed E-state index contributed by atoms with van der Waals surface area (Å²) in [5, 5.41) is 36.8. The van der Waals surface area contributed by atoms with Gasteiger partial charge in [-0.15, -0.1) is 0 Å².